The number of hydrogen-bond acceptors (Lipinski definition) is 2. The first-order valence-electron chi connectivity index (χ1n) is 6.32. The molecule has 16 heavy (non-hydrogen) atoms. The quantitative estimate of drug-likeness (QED) is 0.537. The molecule has 0 spiro atoms. The van der Waals surface area contributed by atoms with Crippen molar-refractivity contribution < 1.29 is 9.47 Å². The van der Waals surface area contributed by atoms with Crippen LogP contribution in [0.3, 0.4) is 0 Å². The van der Waals surface area contributed by atoms with Crippen LogP contribution in [-0.2, 0) is 9.47 Å². The smallest absolute Gasteiger partial charge is 0.0729 e. The van der Waals surface area contributed by atoms with Crippen LogP contribution in [-0.4, -0.2) is 41.1 Å². The van der Waals surface area contributed by atoms with E-state index in [9.17, 15) is 0 Å². The van der Waals surface area contributed by atoms with Crippen molar-refractivity contribution >= 4 is 15.7 Å². The summed E-state index contributed by atoms with van der Waals surface area (Å²) < 4.78 is 10.5. The Morgan fingerprint density at radius 2 is 1.75 bits per heavy atom. The summed E-state index contributed by atoms with van der Waals surface area (Å²) in [5, 5.41) is 0. The number of rotatable bonds is 4. The maximum absolute atomic E-state index is 5.77. The Bertz CT molecular complexity index is 163. The van der Waals surface area contributed by atoms with E-state index in [4.69, 9.17) is 25.2 Å². The summed E-state index contributed by atoms with van der Waals surface area (Å²) in [4.78, 5) is 0. The first-order chi connectivity index (χ1) is 7.58. The number of ether oxygens (including phenoxy) is 2. The molecule has 0 bridgehead atoms. The fourth-order valence-electron chi connectivity index (χ4n) is 1.68. The van der Waals surface area contributed by atoms with Gasteiger partial charge in [-0.2, -0.15) is 0 Å². The van der Waals surface area contributed by atoms with Crippen LogP contribution in [0.1, 0.15) is 40.5 Å². The van der Waals surface area contributed by atoms with Crippen molar-refractivity contribution in [2.75, 3.05) is 13.2 Å². The Hall–Kier alpha value is 0.0499. The highest BCUT2D eigenvalue weighted by molar-refractivity contribution is 6.22. The topological polar surface area (TPSA) is 18.5 Å². The summed E-state index contributed by atoms with van der Waals surface area (Å²) in [6.07, 6.45) is 2.39. The molecule has 1 saturated heterocycles. The molecule has 0 amide bonds. The summed E-state index contributed by atoms with van der Waals surface area (Å²) in [5.74, 6) is 0.0462. The van der Waals surface area contributed by atoms with Crippen LogP contribution >= 0.6 is 0 Å². The predicted molar refractivity (Wildman–Crippen MR) is 70.4 cm³/mol. The van der Waals surface area contributed by atoms with Gasteiger partial charge in [0.1, 0.15) is 0 Å². The molecule has 0 aromatic rings. The van der Waals surface area contributed by atoms with Crippen molar-refractivity contribution in [1.29, 1.82) is 0 Å². The van der Waals surface area contributed by atoms with Gasteiger partial charge in [-0.05, 0) is 26.7 Å². The highest BCUT2D eigenvalue weighted by atomic mass is 16.5. The van der Waals surface area contributed by atoms with E-state index in [1.165, 1.54) is 0 Å². The molecule has 1 fully saturated rings. The summed E-state index contributed by atoms with van der Waals surface area (Å²) in [6.45, 7) is 9.92. The molecule has 1 heterocycles. The van der Waals surface area contributed by atoms with Crippen LogP contribution in [0.15, 0.2) is 0 Å². The molecule has 1 rings (SSSR count). The van der Waals surface area contributed by atoms with Gasteiger partial charge in [-0.25, -0.2) is 0 Å². The minimum absolute atomic E-state index is 0.0185. The van der Waals surface area contributed by atoms with Gasteiger partial charge < -0.3 is 9.47 Å². The van der Waals surface area contributed by atoms with Gasteiger partial charge >= 0.3 is 0 Å². The van der Waals surface area contributed by atoms with E-state index in [-0.39, 0.29) is 23.8 Å². The van der Waals surface area contributed by atoms with Gasteiger partial charge in [0.25, 0.3) is 0 Å². The van der Waals surface area contributed by atoms with Gasteiger partial charge in [0.2, 0.25) is 0 Å². The third-order valence-electron chi connectivity index (χ3n) is 2.76. The van der Waals surface area contributed by atoms with Crippen LogP contribution < -0.4 is 0 Å². The molecule has 0 aromatic heterocycles. The molecule has 1 aliphatic rings. The van der Waals surface area contributed by atoms with Crippen LogP contribution in [0.2, 0.25) is 11.6 Å². The van der Waals surface area contributed by atoms with E-state index in [0.717, 1.165) is 26.1 Å². The van der Waals surface area contributed by atoms with Crippen molar-refractivity contribution in [2.45, 2.75) is 64.4 Å². The lowest BCUT2D eigenvalue weighted by Gasteiger charge is -2.13. The second-order valence-corrected chi connectivity index (χ2v) is 4.14. The molecule has 0 aromatic carbocycles. The minimum Gasteiger partial charge on any atom is -0.382 e. The van der Waals surface area contributed by atoms with E-state index >= 15 is 0 Å². The van der Waals surface area contributed by atoms with E-state index in [1.807, 2.05) is 13.8 Å². The highest BCUT2D eigenvalue weighted by Gasteiger charge is 2.33. The molecule has 4 radical (unpaired) electrons. The van der Waals surface area contributed by atoms with Crippen molar-refractivity contribution in [2.24, 2.45) is 0 Å². The van der Waals surface area contributed by atoms with E-state index < -0.39 is 0 Å². The van der Waals surface area contributed by atoms with Crippen molar-refractivity contribution in [1.82, 2.24) is 0 Å². The average molecular weight is 222 g/mol. The highest BCUT2D eigenvalue weighted by Crippen LogP contribution is 2.38. The van der Waals surface area contributed by atoms with Gasteiger partial charge in [-0.3, -0.25) is 0 Å². The van der Waals surface area contributed by atoms with E-state index in [2.05, 4.69) is 13.8 Å². The van der Waals surface area contributed by atoms with Crippen LogP contribution in [0.5, 0.6) is 0 Å². The maximum atomic E-state index is 5.77. The lowest BCUT2D eigenvalue weighted by atomic mass is 9.64. The first-order valence-corrected chi connectivity index (χ1v) is 6.32. The normalized spacial score (nSPS) is 33.2. The summed E-state index contributed by atoms with van der Waals surface area (Å²) >= 11 is 0. The van der Waals surface area contributed by atoms with E-state index in [1.54, 1.807) is 0 Å². The van der Waals surface area contributed by atoms with E-state index in [0.29, 0.717) is 0 Å². The zero-order chi connectivity index (χ0) is 12.6. The molecule has 90 valence electrons. The Kier molecular flexibility index (Phi) is 9.15. The van der Waals surface area contributed by atoms with Gasteiger partial charge in [-0.15, -0.1) is 0 Å². The molecule has 4 unspecified atom stereocenters. The summed E-state index contributed by atoms with van der Waals surface area (Å²) in [5.41, 5.74) is 0. The predicted octanol–water partition coefficient (Wildman–Crippen LogP) is 2.53. The maximum Gasteiger partial charge on any atom is 0.0729 e. The summed E-state index contributed by atoms with van der Waals surface area (Å²) in [6, 6.07) is 0. The molecule has 4 heteroatoms. The third-order valence-corrected chi connectivity index (χ3v) is 2.76. The van der Waals surface area contributed by atoms with Gasteiger partial charge in [0.05, 0.1) is 21.8 Å². The zero-order valence-electron chi connectivity index (χ0n) is 11.1. The number of hydrogen-bond donors (Lipinski definition) is 0. The molecule has 0 N–H and O–H groups in total. The molecule has 1 aliphatic heterocycles. The SMILES string of the molecule is CCCOCC.[B]C1C(C)OC(CC)C1[B]. The third kappa shape index (κ3) is 5.40. The Labute approximate surface area is 103 Å². The fourth-order valence-corrected chi connectivity index (χ4v) is 1.68. The molecular weight excluding hydrogens is 198 g/mol. The molecule has 0 aliphatic carbocycles. The Balaban J connectivity index is 0.000000325. The Morgan fingerprint density at radius 3 is 1.94 bits per heavy atom. The standard InChI is InChI=1S/C7H12B2O.C5H12O/c1-3-5-7(9)6(8)4(2)10-5;1-3-5-6-4-2/h4-7H,3H2,1-2H3;3-5H2,1-2H3. The molecule has 4 atom stereocenters. The Morgan fingerprint density at radius 1 is 1.12 bits per heavy atom. The van der Waals surface area contributed by atoms with Crippen LogP contribution in [0.25, 0.3) is 0 Å². The van der Waals surface area contributed by atoms with Crippen LogP contribution in [0.4, 0.5) is 0 Å². The molecule has 0 saturated carbocycles. The second kappa shape index (κ2) is 9.12. The fraction of sp³-hybridized carbons (Fsp3) is 1.00. The molecule has 2 nitrogen and oxygen atoms in total. The van der Waals surface area contributed by atoms with Gasteiger partial charge in [-0.1, -0.05) is 25.5 Å². The van der Waals surface area contributed by atoms with Crippen molar-refractivity contribution in [3.8, 4) is 0 Å². The van der Waals surface area contributed by atoms with Gasteiger partial charge in [0, 0.05) is 19.3 Å². The van der Waals surface area contributed by atoms with Crippen LogP contribution in [0, 0.1) is 0 Å². The largest absolute Gasteiger partial charge is 0.382 e. The van der Waals surface area contributed by atoms with Gasteiger partial charge in [0.15, 0.2) is 0 Å². The lowest BCUT2D eigenvalue weighted by Crippen LogP contribution is -2.11. The average Bonchev–Trinajstić information content (AvgIpc) is 2.54. The summed E-state index contributed by atoms with van der Waals surface area (Å²) in [7, 11) is 11.5. The van der Waals surface area contributed by atoms with Crippen molar-refractivity contribution in [3.63, 3.8) is 0 Å². The minimum atomic E-state index is 0.0185. The second-order valence-electron chi connectivity index (χ2n) is 4.14. The van der Waals surface area contributed by atoms with Crippen molar-refractivity contribution in [3.05, 3.63) is 0 Å². The molecular formula is C12H24B2O2. The lowest BCUT2D eigenvalue weighted by molar-refractivity contribution is 0.0543. The zero-order valence-corrected chi connectivity index (χ0v) is 11.1. The monoisotopic (exact) mass is 222 g/mol. The first kappa shape index (κ1) is 16.0.